The molecule has 0 aliphatic carbocycles. The summed E-state index contributed by atoms with van der Waals surface area (Å²) in [4.78, 5) is 17.1. The minimum Gasteiger partial charge on any atom is -0.486 e. The van der Waals surface area contributed by atoms with E-state index in [2.05, 4.69) is 15.6 Å². The van der Waals surface area contributed by atoms with Crippen molar-refractivity contribution in [2.45, 2.75) is 30.8 Å². The number of hydrogen-bond acceptors (Lipinski definition) is 7. The number of nitrogens with zero attached hydrogens (tertiary/aromatic N) is 3. The zero-order valence-electron chi connectivity index (χ0n) is 19.9. The van der Waals surface area contributed by atoms with E-state index in [-0.39, 0.29) is 16.4 Å². The Morgan fingerprint density at radius 2 is 1.83 bits per heavy atom. The predicted octanol–water partition coefficient (Wildman–Crippen LogP) is 2.48. The summed E-state index contributed by atoms with van der Waals surface area (Å²) in [7, 11) is -3.70. The van der Waals surface area contributed by atoms with Crippen molar-refractivity contribution in [3.05, 3.63) is 66.2 Å². The molecular weight excluding hydrogens is 482 g/mol. The molecule has 0 spiro atoms. The van der Waals surface area contributed by atoms with Gasteiger partial charge in [0.25, 0.3) is 5.91 Å². The minimum absolute atomic E-state index is 0.108. The highest BCUT2D eigenvalue weighted by atomic mass is 32.2. The summed E-state index contributed by atoms with van der Waals surface area (Å²) in [5.41, 5.74) is 1.77. The van der Waals surface area contributed by atoms with Crippen LogP contribution in [0.5, 0.6) is 11.5 Å². The van der Waals surface area contributed by atoms with Crippen LogP contribution in [0.1, 0.15) is 28.8 Å². The molecule has 10 nitrogen and oxygen atoms in total. The van der Waals surface area contributed by atoms with E-state index in [1.807, 2.05) is 29.0 Å². The van der Waals surface area contributed by atoms with E-state index in [0.717, 1.165) is 18.4 Å². The number of carbonyl (C=O) groups is 1. The molecule has 3 aromatic rings. The lowest BCUT2D eigenvalue weighted by Gasteiger charge is -2.19. The Kier molecular flexibility index (Phi) is 7.10. The first-order valence-electron chi connectivity index (χ1n) is 12.0. The van der Waals surface area contributed by atoms with Crippen LogP contribution in [-0.4, -0.2) is 61.0 Å². The molecule has 1 aromatic heterocycles. The van der Waals surface area contributed by atoms with Gasteiger partial charge in [-0.2, -0.15) is 4.31 Å². The highest BCUT2D eigenvalue weighted by molar-refractivity contribution is 7.89. The Morgan fingerprint density at radius 3 is 2.61 bits per heavy atom. The average molecular weight is 512 g/mol. The lowest BCUT2D eigenvalue weighted by molar-refractivity contribution is 0.0952. The second kappa shape index (κ2) is 10.6. The molecule has 0 radical (unpaired) electrons. The third-order valence-corrected chi connectivity index (χ3v) is 8.07. The van der Waals surface area contributed by atoms with E-state index in [4.69, 9.17) is 9.47 Å². The van der Waals surface area contributed by atoms with Gasteiger partial charge in [-0.25, -0.2) is 13.4 Å². The van der Waals surface area contributed by atoms with Crippen molar-refractivity contribution in [1.82, 2.24) is 19.2 Å². The number of rotatable bonds is 9. The average Bonchev–Trinajstić information content (AvgIpc) is 3.62. The van der Waals surface area contributed by atoms with Gasteiger partial charge in [0.05, 0.1) is 11.2 Å². The molecule has 2 aliphatic heterocycles. The Labute approximate surface area is 210 Å². The second-order valence-electron chi connectivity index (χ2n) is 8.75. The van der Waals surface area contributed by atoms with Gasteiger partial charge in [0, 0.05) is 56.4 Å². The fourth-order valence-electron chi connectivity index (χ4n) is 4.28. The van der Waals surface area contributed by atoms with Crippen LogP contribution in [-0.2, 0) is 23.1 Å². The minimum atomic E-state index is -3.70. The number of benzene rings is 2. The number of aromatic nitrogens is 2. The number of anilines is 1. The van der Waals surface area contributed by atoms with Crippen LogP contribution >= 0.6 is 0 Å². The van der Waals surface area contributed by atoms with Crippen LogP contribution in [0.15, 0.2) is 60.0 Å². The zero-order valence-corrected chi connectivity index (χ0v) is 20.7. The van der Waals surface area contributed by atoms with Gasteiger partial charge in [0.2, 0.25) is 10.0 Å². The molecule has 0 atom stereocenters. The highest BCUT2D eigenvalue weighted by Gasteiger charge is 2.28. The van der Waals surface area contributed by atoms with Crippen molar-refractivity contribution in [3.63, 3.8) is 0 Å². The molecule has 11 heteroatoms. The Balaban J connectivity index is 1.36. The maximum Gasteiger partial charge on any atom is 0.251 e. The third-order valence-electron chi connectivity index (χ3n) is 6.19. The van der Waals surface area contributed by atoms with Gasteiger partial charge in [0.1, 0.15) is 13.2 Å². The van der Waals surface area contributed by atoms with Gasteiger partial charge in [-0.15, -0.1) is 0 Å². The van der Waals surface area contributed by atoms with Gasteiger partial charge < -0.3 is 24.7 Å². The Hall–Kier alpha value is -3.57. The number of carbonyl (C=O) groups excluding carboxylic acids is 1. The van der Waals surface area contributed by atoms with Crippen molar-refractivity contribution < 1.29 is 22.7 Å². The molecule has 2 aliphatic rings. The van der Waals surface area contributed by atoms with Gasteiger partial charge in [0.15, 0.2) is 11.5 Å². The molecule has 36 heavy (non-hydrogen) atoms. The van der Waals surface area contributed by atoms with Crippen molar-refractivity contribution in [1.29, 1.82) is 0 Å². The quantitative estimate of drug-likeness (QED) is 0.454. The number of amides is 1. The molecule has 1 fully saturated rings. The summed E-state index contributed by atoms with van der Waals surface area (Å²) in [6.07, 6.45) is 6.84. The van der Waals surface area contributed by atoms with Gasteiger partial charge >= 0.3 is 0 Å². The van der Waals surface area contributed by atoms with Crippen LogP contribution < -0.4 is 20.1 Å². The summed E-state index contributed by atoms with van der Waals surface area (Å²) >= 11 is 0. The van der Waals surface area contributed by atoms with E-state index >= 15 is 0 Å². The molecule has 1 amide bonds. The summed E-state index contributed by atoms with van der Waals surface area (Å²) < 4.78 is 41.1. The molecular formula is C25H29N5O5S. The third kappa shape index (κ3) is 5.47. The van der Waals surface area contributed by atoms with Gasteiger partial charge in [-0.05, 0) is 48.7 Å². The van der Waals surface area contributed by atoms with Gasteiger partial charge in [-0.3, -0.25) is 4.79 Å². The summed E-state index contributed by atoms with van der Waals surface area (Å²) in [5, 5.41) is 6.14. The van der Waals surface area contributed by atoms with Crippen LogP contribution in [0.4, 0.5) is 5.69 Å². The highest BCUT2D eigenvalue weighted by Crippen LogP contribution is 2.31. The maximum atomic E-state index is 13.3. The molecule has 3 heterocycles. The number of fused-ring (bicyclic) bond motifs is 1. The normalized spacial score (nSPS) is 15.6. The van der Waals surface area contributed by atoms with Crippen molar-refractivity contribution in [2.24, 2.45) is 0 Å². The number of sulfonamides is 1. The van der Waals surface area contributed by atoms with Gasteiger partial charge in [-0.1, -0.05) is 6.07 Å². The molecule has 1 saturated heterocycles. The number of ether oxygens (including phenoxy) is 2. The Bertz CT molecular complexity index is 1320. The topological polar surface area (TPSA) is 115 Å². The van der Waals surface area contributed by atoms with Crippen molar-refractivity contribution in [2.75, 3.05) is 38.2 Å². The SMILES string of the molecule is O=C(NCCn1ccnc1)c1cc(NCc2ccc3c(c2)OCCO3)cc(S(=O)(=O)N2CCCC2)c1. The van der Waals surface area contributed by atoms with E-state index in [9.17, 15) is 13.2 Å². The van der Waals surface area contributed by atoms with E-state index in [0.29, 0.717) is 63.1 Å². The van der Waals surface area contributed by atoms with Crippen LogP contribution in [0.3, 0.4) is 0 Å². The van der Waals surface area contributed by atoms with Crippen LogP contribution in [0.2, 0.25) is 0 Å². The lowest BCUT2D eigenvalue weighted by Crippen LogP contribution is -2.29. The first-order valence-corrected chi connectivity index (χ1v) is 13.4. The molecule has 2 N–H and O–H groups in total. The smallest absolute Gasteiger partial charge is 0.251 e. The summed E-state index contributed by atoms with van der Waals surface area (Å²) in [6.45, 7) is 3.37. The summed E-state index contributed by atoms with van der Waals surface area (Å²) in [5.74, 6) is 1.05. The number of nitrogens with one attached hydrogen (secondary N) is 2. The Morgan fingerprint density at radius 1 is 1.03 bits per heavy atom. The molecule has 0 saturated carbocycles. The lowest BCUT2D eigenvalue weighted by atomic mass is 10.1. The van der Waals surface area contributed by atoms with Crippen molar-refractivity contribution in [3.8, 4) is 11.5 Å². The first kappa shape index (κ1) is 24.1. The molecule has 2 aromatic carbocycles. The van der Waals surface area contributed by atoms with E-state index in [1.165, 1.54) is 10.4 Å². The van der Waals surface area contributed by atoms with Crippen LogP contribution in [0, 0.1) is 0 Å². The standard InChI is InChI=1S/C25H29N5O5S/c31-25(27-6-10-29-9-5-26-18-29)20-14-21(16-22(15-20)36(32,33)30-7-1-2-8-30)28-17-19-3-4-23-24(13-19)35-12-11-34-23/h3-5,9,13-16,18,28H,1-2,6-8,10-12,17H2,(H,27,31). The number of hydrogen-bond donors (Lipinski definition) is 2. The molecule has 0 bridgehead atoms. The fourth-order valence-corrected chi connectivity index (χ4v) is 5.87. The molecule has 5 rings (SSSR count). The summed E-state index contributed by atoms with van der Waals surface area (Å²) in [6, 6.07) is 10.4. The monoisotopic (exact) mass is 511 g/mol. The first-order chi connectivity index (χ1) is 17.5. The van der Waals surface area contributed by atoms with E-state index < -0.39 is 10.0 Å². The molecule has 0 unspecified atom stereocenters. The van der Waals surface area contributed by atoms with Crippen molar-refractivity contribution >= 4 is 21.6 Å². The largest absolute Gasteiger partial charge is 0.486 e. The van der Waals surface area contributed by atoms with Crippen LogP contribution in [0.25, 0.3) is 0 Å². The number of imidazole rings is 1. The maximum absolute atomic E-state index is 13.3. The molecule has 190 valence electrons. The van der Waals surface area contributed by atoms with E-state index in [1.54, 1.807) is 24.7 Å². The zero-order chi connectivity index (χ0) is 25.0. The second-order valence-corrected chi connectivity index (χ2v) is 10.7. The predicted molar refractivity (Wildman–Crippen MR) is 134 cm³/mol. The fraction of sp³-hybridized carbons (Fsp3) is 0.360.